The molecule has 0 aliphatic rings. The van der Waals surface area contributed by atoms with Crippen LogP contribution in [0, 0.1) is 11.3 Å². The normalized spacial score (nSPS) is 11.0. The van der Waals surface area contributed by atoms with Crippen molar-refractivity contribution < 1.29 is 14.3 Å². The molecule has 5 nitrogen and oxygen atoms in total. The highest BCUT2D eigenvalue weighted by atomic mass is 79.9. The minimum Gasteiger partial charge on any atom is -0.493 e. The summed E-state index contributed by atoms with van der Waals surface area (Å²) in [6, 6.07) is 28.6. The molecular formula is C28H21BrN2O3. The number of amides is 1. The zero-order valence-electron chi connectivity index (χ0n) is 18.4. The largest absolute Gasteiger partial charge is 0.493 e. The summed E-state index contributed by atoms with van der Waals surface area (Å²) in [4.78, 5) is 12.7. The van der Waals surface area contributed by atoms with Gasteiger partial charge in [-0.05, 0) is 52.7 Å². The Balaban J connectivity index is 1.63. The van der Waals surface area contributed by atoms with Crippen molar-refractivity contribution in [1.29, 1.82) is 5.26 Å². The van der Waals surface area contributed by atoms with E-state index in [1.807, 2.05) is 42.5 Å². The maximum absolute atomic E-state index is 12.7. The number of ether oxygens (including phenoxy) is 2. The van der Waals surface area contributed by atoms with Crippen molar-refractivity contribution in [3.8, 4) is 17.6 Å². The van der Waals surface area contributed by atoms with Crippen LogP contribution in [0.1, 0.15) is 11.1 Å². The van der Waals surface area contributed by atoms with E-state index in [4.69, 9.17) is 9.47 Å². The molecule has 0 atom stereocenters. The summed E-state index contributed by atoms with van der Waals surface area (Å²) in [5.74, 6) is 0.467. The maximum Gasteiger partial charge on any atom is 0.266 e. The van der Waals surface area contributed by atoms with E-state index in [2.05, 4.69) is 39.4 Å². The molecule has 6 heteroatoms. The molecule has 0 aromatic heterocycles. The topological polar surface area (TPSA) is 71.3 Å². The third kappa shape index (κ3) is 5.28. The summed E-state index contributed by atoms with van der Waals surface area (Å²) in [6.45, 7) is 0.301. The number of anilines is 1. The van der Waals surface area contributed by atoms with Gasteiger partial charge in [0.05, 0.1) is 7.11 Å². The fraction of sp³-hybridized carbons (Fsp3) is 0.0714. The van der Waals surface area contributed by atoms with E-state index in [0.717, 1.165) is 20.8 Å². The van der Waals surface area contributed by atoms with Crippen LogP contribution in [0.2, 0.25) is 0 Å². The zero-order chi connectivity index (χ0) is 23.9. The molecule has 168 valence electrons. The number of nitrogens with zero attached hydrogens (tertiary/aromatic N) is 1. The first-order chi connectivity index (χ1) is 16.6. The molecule has 4 aromatic carbocycles. The summed E-state index contributed by atoms with van der Waals surface area (Å²) in [6.07, 6.45) is 1.51. The lowest BCUT2D eigenvalue weighted by atomic mass is 10.1. The second kappa shape index (κ2) is 10.7. The molecule has 0 fully saturated rings. The smallest absolute Gasteiger partial charge is 0.266 e. The first-order valence-electron chi connectivity index (χ1n) is 10.5. The van der Waals surface area contributed by atoms with Crippen LogP contribution < -0.4 is 14.8 Å². The monoisotopic (exact) mass is 512 g/mol. The van der Waals surface area contributed by atoms with Gasteiger partial charge in [-0.1, -0.05) is 70.5 Å². The fourth-order valence-corrected chi connectivity index (χ4v) is 3.83. The van der Waals surface area contributed by atoms with Crippen molar-refractivity contribution in [1.82, 2.24) is 0 Å². The third-order valence-corrected chi connectivity index (χ3v) is 5.78. The molecule has 1 amide bonds. The van der Waals surface area contributed by atoms with Crippen molar-refractivity contribution in [2.45, 2.75) is 6.61 Å². The number of carbonyl (C=O) groups excluding carboxylic acids is 1. The van der Waals surface area contributed by atoms with Gasteiger partial charge < -0.3 is 14.8 Å². The van der Waals surface area contributed by atoms with Crippen LogP contribution in [0.4, 0.5) is 5.69 Å². The molecule has 0 saturated heterocycles. The van der Waals surface area contributed by atoms with Crippen LogP contribution in [-0.2, 0) is 11.4 Å². The van der Waals surface area contributed by atoms with Crippen molar-refractivity contribution in [2.75, 3.05) is 12.4 Å². The number of nitriles is 1. The summed E-state index contributed by atoms with van der Waals surface area (Å²) in [5.41, 5.74) is 2.13. The van der Waals surface area contributed by atoms with E-state index in [1.165, 1.54) is 6.08 Å². The number of hydrogen-bond donors (Lipinski definition) is 1. The Kier molecular flexibility index (Phi) is 7.26. The van der Waals surface area contributed by atoms with Crippen molar-refractivity contribution in [3.05, 3.63) is 106 Å². The number of fused-ring (bicyclic) bond motifs is 1. The van der Waals surface area contributed by atoms with Crippen LogP contribution in [0.25, 0.3) is 16.8 Å². The van der Waals surface area contributed by atoms with E-state index in [0.29, 0.717) is 29.4 Å². The van der Waals surface area contributed by atoms with Crippen LogP contribution in [0.5, 0.6) is 11.5 Å². The van der Waals surface area contributed by atoms with E-state index < -0.39 is 5.91 Å². The number of para-hydroxylation sites is 1. The van der Waals surface area contributed by atoms with Crippen LogP contribution >= 0.6 is 15.9 Å². The van der Waals surface area contributed by atoms with Gasteiger partial charge in [0.15, 0.2) is 11.5 Å². The molecular weight excluding hydrogens is 492 g/mol. The van der Waals surface area contributed by atoms with Gasteiger partial charge in [0.1, 0.15) is 18.2 Å². The van der Waals surface area contributed by atoms with Gasteiger partial charge in [-0.3, -0.25) is 4.79 Å². The quantitative estimate of drug-likeness (QED) is 0.220. The summed E-state index contributed by atoms with van der Waals surface area (Å²) in [7, 11) is 1.55. The minimum atomic E-state index is -0.507. The van der Waals surface area contributed by atoms with Crippen molar-refractivity contribution in [2.24, 2.45) is 0 Å². The Morgan fingerprint density at radius 1 is 1.00 bits per heavy atom. The average Bonchev–Trinajstić information content (AvgIpc) is 2.87. The lowest BCUT2D eigenvalue weighted by molar-refractivity contribution is -0.112. The fourth-order valence-electron chi connectivity index (χ4n) is 3.57. The molecule has 4 rings (SSSR count). The van der Waals surface area contributed by atoms with Crippen molar-refractivity contribution >= 4 is 44.4 Å². The highest BCUT2D eigenvalue weighted by Gasteiger charge is 2.15. The molecule has 1 N–H and O–H groups in total. The van der Waals surface area contributed by atoms with E-state index in [-0.39, 0.29) is 5.57 Å². The predicted octanol–water partition coefficient (Wildman–Crippen LogP) is 6.74. The predicted molar refractivity (Wildman–Crippen MR) is 138 cm³/mol. The average molecular weight is 513 g/mol. The minimum absolute atomic E-state index is 0.0498. The van der Waals surface area contributed by atoms with Crippen LogP contribution in [-0.4, -0.2) is 13.0 Å². The van der Waals surface area contributed by atoms with Gasteiger partial charge >= 0.3 is 0 Å². The number of halogens is 1. The van der Waals surface area contributed by atoms with Gasteiger partial charge in [-0.25, -0.2) is 0 Å². The highest BCUT2D eigenvalue weighted by molar-refractivity contribution is 9.10. The van der Waals surface area contributed by atoms with E-state index >= 15 is 0 Å². The van der Waals surface area contributed by atoms with E-state index in [1.54, 1.807) is 37.4 Å². The van der Waals surface area contributed by atoms with Crippen LogP contribution in [0.15, 0.2) is 95.0 Å². The Morgan fingerprint density at radius 3 is 2.50 bits per heavy atom. The Morgan fingerprint density at radius 2 is 1.74 bits per heavy atom. The van der Waals surface area contributed by atoms with Crippen molar-refractivity contribution in [3.63, 3.8) is 0 Å². The van der Waals surface area contributed by atoms with E-state index in [9.17, 15) is 10.1 Å². The molecule has 0 spiro atoms. The zero-order valence-corrected chi connectivity index (χ0v) is 20.0. The van der Waals surface area contributed by atoms with Gasteiger partial charge in [0, 0.05) is 15.7 Å². The number of hydrogen-bond acceptors (Lipinski definition) is 4. The molecule has 0 aliphatic carbocycles. The number of benzene rings is 4. The summed E-state index contributed by atoms with van der Waals surface area (Å²) in [5, 5.41) is 14.6. The first kappa shape index (κ1) is 23.1. The summed E-state index contributed by atoms with van der Waals surface area (Å²) >= 11 is 3.36. The van der Waals surface area contributed by atoms with Crippen LogP contribution in [0.3, 0.4) is 0 Å². The van der Waals surface area contributed by atoms with Gasteiger partial charge in [0.2, 0.25) is 0 Å². The molecule has 0 radical (unpaired) electrons. The lowest BCUT2D eigenvalue weighted by Gasteiger charge is -2.15. The van der Waals surface area contributed by atoms with Gasteiger partial charge in [-0.2, -0.15) is 5.26 Å². The number of nitrogens with one attached hydrogen (secondary N) is 1. The molecule has 0 unspecified atom stereocenters. The number of rotatable bonds is 7. The standard InChI is InChI=1S/C28H21BrN2O3/c1-33-26-11-5-8-20(16-22(17-30)28(32)31-24-14-12-23(29)13-15-24)27(26)34-18-21-9-4-7-19-6-2-3-10-25(19)21/h2-16H,18H2,1H3,(H,31,32)/b22-16+. The molecule has 0 aliphatic heterocycles. The Hall–Kier alpha value is -4.08. The first-order valence-corrected chi connectivity index (χ1v) is 11.3. The Labute approximate surface area is 206 Å². The Bertz CT molecular complexity index is 1400. The van der Waals surface area contributed by atoms with Gasteiger partial charge in [0.25, 0.3) is 5.91 Å². The SMILES string of the molecule is COc1cccc(/C=C(\C#N)C(=O)Nc2ccc(Br)cc2)c1OCc1cccc2ccccc12. The second-order valence-corrected chi connectivity index (χ2v) is 8.35. The molecule has 4 aromatic rings. The number of methoxy groups -OCH3 is 1. The summed E-state index contributed by atoms with van der Waals surface area (Å²) < 4.78 is 12.6. The molecule has 0 heterocycles. The van der Waals surface area contributed by atoms with Gasteiger partial charge in [-0.15, -0.1) is 0 Å². The molecule has 0 saturated carbocycles. The number of carbonyl (C=O) groups is 1. The highest BCUT2D eigenvalue weighted by Crippen LogP contribution is 2.34. The second-order valence-electron chi connectivity index (χ2n) is 7.44. The third-order valence-electron chi connectivity index (χ3n) is 5.25. The molecule has 0 bridgehead atoms. The maximum atomic E-state index is 12.7. The molecule has 34 heavy (non-hydrogen) atoms. The lowest BCUT2D eigenvalue weighted by Crippen LogP contribution is -2.13.